The maximum absolute atomic E-state index is 14.4. The molecule has 0 aliphatic heterocycles. The standard InChI is InChI=1S/C23H31FO/c1-8-16(17-11-9-10-12-20(17)24)15-13-18(22(2,3)4)21(25)19(14-15)23(5,6)7/h9-14,16,25H,8H2,1-7H3. The average molecular weight is 342 g/mol. The third-order valence-electron chi connectivity index (χ3n) is 4.84. The molecule has 0 radical (unpaired) electrons. The number of phenols is 1. The highest BCUT2D eigenvalue weighted by molar-refractivity contribution is 5.52. The number of phenolic OH excluding ortho intramolecular Hbond substituents is 1. The van der Waals surface area contributed by atoms with E-state index >= 15 is 0 Å². The van der Waals surface area contributed by atoms with Gasteiger partial charge in [0.05, 0.1) is 0 Å². The molecule has 0 aromatic heterocycles. The van der Waals surface area contributed by atoms with Crippen LogP contribution in [0.2, 0.25) is 0 Å². The molecule has 2 aromatic carbocycles. The second kappa shape index (κ2) is 6.82. The van der Waals surface area contributed by atoms with Crippen LogP contribution in [0.1, 0.15) is 83.1 Å². The lowest BCUT2D eigenvalue weighted by Gasteiger charge is -2.30. The van der Waals surface area contributed by atoms with E-state index in [1.807, 2.05) is 12.1 Å². The number of hydrogen-bond acceptors (Lipinski definition) is 1. The predicted octanol–water partition coefficient (Wildman–Crippen LogP) is 6.67. The van der Waals surface area contributed by atoms with Crippen molar-refractivity contribution in [2.75, 3.05) is 0 Å². The van der Waals surface area contributed by atoms with Crippen molar-refractivity contribution in [3.8, 4) is 5.75 Å². The molecule has 0 saturated heterocycles. The lowest BCUT2D eigenvalue weighted by molar-refractivity contribution is 0.422. The minimum atomic E-state index is -0.187. The van der Waals surface area contributed by atoms with Crippen molar-refractivity contribution in [1.82, 2.24) is 0 Å². The van der Waals surface area contributed by atoms with Gasteiger partial charge in [0.15, 0.2) is 0 Å². The van der Waals surface area contributed by atoms with Gasteiger partial charge in [0.1, 0.15) is 11.6 Å². The van der Waals surface area contributed by atoms with Crippen molar-refractivity contribution in [2.24, 2.45) is 0 Å². The van der Waals surface area contributed by atoms with E-state index in [4.69, 9.17) is 0 Å². The van der Waals surface area contributed by atoms with Gasteiger partial charge in [-0.25, -0.2) is 4.39 Å². The Labute approximate surface area is 151 Å². The molecule has 0 aliphatic rings. The monoisotopic (exact) mass is 342 g/mol. The van der Waals surface area contributed by atoms with Crippen LogP contribution < -0.4 is 0 Å². The van der Waals surface area contributed by atoms with Gasteiger partial charge in [-0.1, -0.05) is 78.8 Å². The first-order valence-corrected chi connectivity index (χ1v) is 9.09. The first-order chi connectivity index (χ1) is 11.5. The Morgan fingerprint density at radius 3 is 1.80 bits per heavy atom. The normalized spacial score (nSPS) is 13.8. The largest absolute Gasteiger partial charge is 0.507 e. The van der Waals surface area contributed by atoms with Gasteiger partial charge in [0.2, 0.25) is 0 Å². The van der Waals surface area contributed by atoms with E-state index in [9.17, 15) is 9.50 Å². The van der Waals surface area contributed by atoms with Crippen molar-refractivity contribution >= 4 is 0 Å². The van der Waals surface area contributed by atoms with Crippen LogP contribution in [-0.4, -0.2) is 5.11 Å². The van der Waals surface area contributed by atoms with E-state index in [0.717, 1.165) is 28.7 Å². The molecular weight excluding hydrogens is 311 g/mol. The minimum Gasteiger partial charge on any atom is -0.507 e. The number of benzene rings is 2. The van der Waals surface area contributed by atoms with E-state index in [0.29, 0.717) is 5.75 Å². The molecule has 2 heteroatoms. The van der Waals surface area contributed by atoms with Gasteiger partial charge in [-0.2, -0.15) is 0 Å². The molecule has 0 spiro atoms. The van der Waals surface area contributed by atoms with E-state index in [2.05, 4.69) is 60.6 Å². The zero-order valence-corrected chi connectivity index (χ0v) is 16.6. The number of aromatic hydroxyl groups is 1. The van der Waals surface area contributed by atoms with Crippen LogP contribution in [0.3, 0.4) is 0 Å². The van der Waals surface area contributed by atoms with Gasteiger partial charge in [-0.15, -0.1) is 0 Å². The SMILES string of the molecule is CCC(c1cc(C(C)(C)C)c(O)c(C(C)(C)C)c1)c1ccccc1F. The van der Waals surface area contributed by atoms with Crippen molar-refractivity contribution in [3.63, 3.8) is 0 Å². The average Bonchev–Trinajstić information content (AvgIpc) is 2.48. The van der Waals surface area contributed by atoms with Crippen LogP contribution in [0.25, 0.3) is 0 Å². The Morgan fingerprint density at radius 2 is 1.40 bits per heavy atom. The van der Waals surface area contributed by atoms with Gasteiger partial charge in [-0.3, -0.25) is 0 Å². The summed E-state index contributed by atoms with van der Waals surface area (Å²) in [5.74, 6) is 0.174. The summed E-state index contributed by atoms with van der Waals surface area (Å²) in [5, 5.41) is 10.9. The molecule has 0 aliphatic carbocycles. The van der Waals surface area contributed by atoms with Gasteiger partial charge >= 0.3 is 0 Å². The topological polar surface area (TPSA) is 20.2 Å². The van der Waals surface area contributed by atoms with Gasteiger partial charge < -0.3 is 5.11 Å². The number of hydrogen-bond donors (Lipinski definition) is 1. The summed E-state index contributed by atoms with van der Waals surface area (Å²) >= 11 is 0. The van der Waals surface area contributed by atoms with Crippen LogP contribution >= 0.6 is 0 Å². The van der Waals surface area contributed by atoms with Crippen molar-refractivity contribution in [1.29, 1.82) is 0 Å². The molecule has 2 rings (SSSR count). The number of rotatable bonds is 3. The van der Waals surface area contributed by atoms with E-state index in [-0.39, 0.29) is 22.6 Å². The summed E-state index contributed by atoms with van der Waals surface area (Å²) in [6.45, 7) is 14.7. The number of halogens is 1. The lowest BCUT2D eigenvalue weighted by Crippen LogP contribution is -2.18. The Balaban J connectivity index is 2.74. The molecule has 1 nitrogen and oxygen atoms in total. The molecule has 0 fully saturated rings. The zero-order valence-electron chi connectivity index (χ0n) is 16.6. The second-order valence-electron chi connectivity index (χ2n) is 8.95. The van der Waals surface area contributed by atoms with Crippen LogP contribution in [-0.2, 0) is 10.8 Å². The molecule has 25 heavy (non-hydrogen) atoms. The maximum Gasteiger partial charge on any atom is 0.127 e. The quantitative estimate of drug-likeness (QED) is 0.660. The third-order valence-corrected chi connectivity index (χ3v) is 4.84. The summed E-state index contributed by atoms with van der Waals surface area (Å²) in [6, 6.07) is 11.1. The van der Waals surface area contributed by atoms with Gasteiger partial charge in [-0.05, 0) is 45.6 Å². The molecule has 0 bridgehead atoms. The Hall–Kier alpha value is -1.83. The summed E-state index contributed by atoms with van der Waals surface area (Å²) in [6.07, 6.45) is 0.804. The Bertz CT molecular complexity index is 712. The van der Waals surface area contributed by atoms with Crippen LogP contribution in [0.5, 0.6) is 5.75 Å². The molecule has 1 atom stereocenters. The van der Waals surface area contributed by atoms with Crippen molar-refractivity contribution in [3.05, 3.63) is 64.5 Å². The first kappa shape index (κ1) is 19.5. The van der Waals surface area contributed by atoms with Crippen molar-refractivity contribution < 1.29 is 9.50 Å². The maximum atomic E-state index is 14.4. The highest BCUT2D eigenvalue weighted by Gasteiger charge is 2.28. The Kier molecular flexibility index (Phi) is 5.32. The summed E-state index contributed by atoms with van der Waals surface area (Å²) in [7, 11) is 0. The van der Waals surface area contributed by atoms with Gasteiger partial charge in [0.25, 0.3) is 0 Å². The molecule has 0 amide bonds. The fourth-order valence-electron chi connectivity index (χ4n) is 3.39. The Morgan fingerprint density at radius 1 is 0.920 bits per heavy atom. The summed E-state index contributed by atoms with van der Waals surface area (Å²) in [4.78, 5) is 0. The summed E-state index contributed by atoms with van der Waals surface area (Å²) < 4.78 is 14.4. The molecule has 0 saturated carbocycles. The van der Waals surface area contributed by atoms with Crippen LogP contribution in [0.15, 0.2) is 36.4 Å². The fourth-order valence-corrected chi connectivity index (χ4v) is 3.39. The van der Waals surface area contributed by atoms with Crippen molar-refractivity contribution in [2.45, 2.75) is 71.6 Å². The van der Waals surface area contributed by atoms with E-state index in [1.165, 1.54) is 6.07 Å². The van der Waals surface area contributed by atoms with E-state index in [1.54, 1.807) is 6.07 Å². The lowest BCUT2D eigenvalue weighted by atomic mass is 9.76. The van der Waals surface area contributed by atoms with Gasteiger partial charge in [0, 0.05) is 5.92 Å². The predicted molar refractivity (Wildman–Crippen MR) is 104 cm³/mol. The first-order valence-electron chi connectivity index (χ1n) is 9.09. The third kappa shape index (κ3) is 4.05. The highest BCUT2D eigenvalue weighted by atomic mass is 19.1. The summed E-state index contributed by atoms with van der Waals surface area (Å²) in [5.41, 5.74) is 3.26. The molecule has 136 valence electrons. The van der Waals surface area contributed by atoms with E-state index < -0.39 is 0 Å². The van der Waals surface area contributed by atoms with Crippen LogP contribution in [0, 0.1) is 5.82 Å². The molecule has 1 N–H and O–H groups in total. The molecule has 2 aromatic rings. The molecular formula is C23H31FO. The van der Waals surface area contributed by atoms with Crippen LogP contribution in [0.4, 0.5) is 4.39 Å². The smallest absolute Gasteiger partial charge is 0.127 e. The zero-order chi connectivity index (χ0) is 19.0. The fraction of sp³-hybridized carbons (Fsp3) is 0.478. The second-order valence-corrected chi connectivity index (χ2v) is 8.95. The highest BCUT2D eigenvalue weighted by Crippen LogP contribution is 2.42. The molecule has 0 heterocycles. The minimum absolute atomic E-state index is 0.0241. The molecule has 1 unspecified atom stereocenters.